The van der Waals surface area contributed by atoms with E-state index in [9.17, 15) is 9.59 Å². The fourth-order valence-electron chi connectivity index (χ4n) is 1.86. The molecule has 0 atom stereocenters. The Morgan fingerprint density at radius 3 is 2.80 bits per heavy atom. The normalized spacial score (nSPS) is 10.9. The number of aromatic nitrogens is 3. The zero-order chi connectivity index (χ0) is 14.7. The Morgan fingerprint density at radius 2 is 2.15 bits per heavy atom. The molecule has 2 N–H and O–H groups in total. The number of fused-ring (bicyclic) bond motifs is 1. The number of nitrogens with one attached hydrogen (secondary N) is 1. The summed E-state index contributed by atoms with van der Waals surface area (Å²) in [5, 5.41) is 19.7. The summed E-state index contributed by atoms with van der Waals surface area (Å²) in [7, 11) is 0. The highest BCUT2D eigenvalue weighted by atomic mass is 16.4. The van der Waals surface area contributed by atoms with E-state index in [2.05, 4.69) is 15.6 Å². The van der Waals surface area contributed by atoms with Crippen LogP contribution in [0.3, 0.4) is 0 Å². The van der Waals surface area contributed by atoms with E-state index in [4.69, 9.17) is 5.11 Å². The SMILES string of the molecule is CC(C)NC(=O)CCn1nnc2ccc(C(=O)O)cc21. The Bertz CT molecular complexity index is 648. The van der Waals surface area contributed by atoms with Gasteiger partial charge in [-0.25, -0.2) is 9.48 Å². The maximum absolute atomic E-state index is 11.6. The maximum Gasteiger partial charge on any atom is 0.335 e. The van der Waals surface area contributed by atoms with Gasteiger partial charge in [0.2, 0.25) is 5.91 Å². The molecule has 0 radical (unpaired) electrons. The summed E-state index contributed by atoms with van der Waals surface area (Å²) in [4.78, 5) is 22.5. The fourth-order valence-corrected chi connectivity index (χ4v) is 1.86. The van der Waals surface area contributed by atoms with Crippen LogP contribution < -0.4 is 5.32 Å². The van der Waals surface area contributed by atoms with Crippen molar-refractivity contribution in [3.63, 3.8) is 0 Å². The van der Waals surface area contributed by atoms with Crippen molar-refractivity contribution in [3.05, 3.63) is 23.8 Å². The second kappa shape index (κ2) is 5.68. The van der Waals surface area contributed by atoms with Crippen molar-refractivity contribution in [1.82, 2.24) is 20.3 Å². The van der Waals surface area contributed by atoms with E-state index in [0.29, 0.717) is 17.6 Å². The highest BCUT2D eigenvalue weighted by Gasteiger charge is 2.10. The van der Waals surface area contributed by atoms with Crippen molar-refractivity contribution in [3.8, 4) is 0 Å². The second-order valence-corrected chi connectivity index (χ2v) is 4.79. The smallest absolute Gasteiger partial charge is 0.335 e. The van der Waals surface area contributed by atoms with Gasteiger partial charge in [0.25, 0.3) is 0 Å². The number of carbonyl (C=O) groups excluding carboxylic acids is 1. The summed E-state index contributed by atoms with van der Waals surface area (Å²) in [6.07, 6.45) is 0.272. The molecule has 0 spiro atoms. The molecule has 0 aliphatic rings. The molecular formula is C13H16N4O3. The first-order chi connectivity index (χ1) is 9.47. The number of carboxylic acid groups (broad SMARTS) is 1. The fraction of sp³-hybridized carbons (Fsp3) is 0.385. The quantitative estimate of drug-likeness (QED) is 0.850. The van der Waals surface area contributed by atoms with Crippen LogP contribution in [0.25, 0.3) is 11.0 Å². The average molecular weight is 276 g/mol. The van der Waals surface area contributed by atoms with Gasteiger partial charge >= 0.3 is 5.97 Å². The first-order valence-corrected chi connectivity index (χ1v) is 6.33. The van der Waals surface area contributed by atoms with Crippen LogP contribution in [0.5, 0.6) is 0 Å². The lowest BCUT2D eigenvalue weighted by Crippen LogP contribution is -2.30. The van der Waals surface area contributed by atoms with E-state index >= 15 is 0 Å². The van der Waals surface area contributed by atoms with Crippen molar-refractivity contribution in [2.24, 2.45) is 0 Å². The summed E-state index contributed by atoms with van der Waals surface area (Å²) in [5.74, 6) is -1.07. The number of hydrogen-bond donors (Lipinski definition) is 2. The Hall–Kier alpha value is -2.44. The molecule has 1 heterocycles. The van der Waals surface area contributed by atoms with E-state index in [1.165, 1.54) is 12.1 Å². The third-order valence-electron chi connectivity index (χ3n) is 2.76. The van der Waals surface area contributed by atoms with Gasteiger partial charge in [0, 0.05) is 12.5 Å². The Balaban J connectivity index is 2.16. The molecule has 2 rings (SSSR count). The number of rotatable bonds is 5. The topological polar surface area (TPSA) is 97.1 Å². The van der Waals surface area contributed by atoms with Gasteiger partial charge in [-0.15, -0.1) is 5.10 Å². The van der Waals surface area contributed by atoms with Crippen LogP contribution in [0.15, 0.2) is 18.2 Å². The van der Waals surface area contributed by atoms with Crippen molar-refractivity contribution in [2.75, 3.05) is 0 Å². The van der Waals surface area contributed by atoms with Crippen LogP contribution in [0.2, 0.25) is 0 Å². The predicted molar refractivity (Wildman–Crippen MR) is 72.4 cm³/mol. The number of nitrogens with zero attached hydrogens (tertiary/aromatic N) is 3. The number of benzene rings is 1. The monoisotopic (exact) mass is 276 g/mol. The highest BCUT2D eigenvalue weighted by molar-refractivity contribution is 5.92. The zero-order valence-electron chi connectivity index (χ0n) is 11.3. The van der Waals surface area contributed by atoms with Crippen LogP contribution in [0.4, 0.5) is 0 Å². The molecule has 0 aliphatic heterocycles. The first-order valence-electron chi connectivity index (χ1n) is 6.33. The van der Waals surface area contributed by atoms with Crippen LogP contribution >= 0.6 is 0 Å². The average Bonchev–Trinajstić information content (AvgIpc) is 2.77. The van der Waals surface area contributed by atoms with Gasteiger partial charge in [-0.1, -0.05) is 5.21 Å². The van der Waals surface area contributed by atoms with Crippen LogP contribution in [-0.2, 0) is 11.3 Å². The molecule has 7 nitrogen and oxygen atoms in total. The van der Waals surface area contributed by atoms with E-state index in [-0.39, 0.29) is 23.9 Å². The van der Waals surface area contributed by atoms with Crippen LogP contribution in [0, 0.1) is 0 Å². The lowest BCUT2D eigenvalue weighted by Gasteiger charge is -2.08. The van der Waals surface area contributed by atoms with Gasteiger partial charge in [0.05, 0.1) is 17.6 Å². The number of carbonyl (C=O) groups is 2. The number of aromatic carboxylic acids is 1. The molecule has 1 amide bonds. The summed E-state index contributed by atoms with van der Waals surface area (Å²) >= 11 is 0. The summed E-state index contributed by atoms with van der Waals surface area (Å²) < 4.78 is 1.54. The summed E-state index contributed by atoms with van der Waals surface area (Å²) in [5.41, 5.74) is 1.40. The van der Waals surface area contributed by atoms with E-state index in [1.807, 2.05) is 13.8 Å². The second-order valence-electron chi connectivity index (χ2n) is 4.79. The van der Waals surface area contributed by atoms with Gasteiger partial charge in [-0.05, 0) is 32.0 Å². The lowest BCUT2D eigenvalue weighted by atomic mass is 10.2. The van der Waals surface area contributed by atoms with Gasteiger partial charge in [0.1, 0.15) is 5.52 Å². The third-order valence-corrected chi connectivity index (χ3v) is 2.76. The van der Waals surface area contributed by atoms with Gasteiger partial charge in [-0.3, -0.25) is 4.79 Å². The molecule has 2 aromatic rings. The molecule has 0 unspecified atom stereocenters. The van der Waals surface area contributed by atoms with E-state index in [0.717, 1.165) is 0 Å². The molecule has 1 aromatic heterocycles. The Labute approximate surface area is 115 Å². The maximum atomic E-state index is 11.6. The number of carboxylic acids is 1. The van der Waals surface area contributed by atoms with Gasteiger partial charge in [-0.2, -0.15) is 0 Å². The van der Waals surface area contributed by atoms with E-state index < -0.39 is 5.97 Å². The van der Waals surface area contributed by atoms with Crippen molar-refractivity contribution >= 4 is 22.9 Å². The largest absolute Gasteiger partial charge is 0.478 e. The molecule has 7 heteroatoms. The molecule has 0 saturated heterocycles. The van der Waals surface area contributed by atoms with Crippen LogP contribution in [0.1, 0.15) is 30.6 Å². The Morgan fingerprint density at radius 1 is 1.40 bits per heavy atom. The van der Waals surface area contributed by atoms with Gasteiger partial charge < -0.3 is 10.4 Å². The molecule has 0 bridgehead atoms. The lowest BCUT2D eigenvalue weighted by molar-refractivity contribution is -0.121. The zero-order valence-corrected chi connectivity index (χ0v) is 11.3. The van der Waals surface area contributed by atoms with Crippen molar-refractivity contribution in [2.45, 2.75) is 32.9 Å². The van der Waals surface area contributed by atoms with Crippen molar-refractivity contribution in [1.29, 1.82) is 0 Å². The van der Waals surface area contributed by atoms with Gasteiger partial charge in [0.15, 0.2) is 0 Å². The number of aryl methyl sites for hydroxylation is 1. The number of amides is 1. The predicted octanol–water partition coefficient (Wildman–Crippen LogP) is 1.04. The molecule has 106 valence electrons. The number of hydrogen-bond acceptors (Lipinski definition) is 4. The molecule has 1 aromatic carbocycles. The minimum Gasteiger partial charge on any atom is -0.478 e. The van der Waals surface area contributed by atoms with Crippen LogP contribution in [-0.4, -0.2) is 38.0 Å². The highest BCUT2D eigenvalue weighted by Crippen LogP contribution is 2.14. The standard InChI is InChI=1S/C13H16N4O3/c1-8(2)14-12(18)5-6-17-11-7-9(13(19)20)3-4-10(11)15-16-17/h3-4,7-8H,5-6H2,1-2H3,(H,14,18)(H,19,20). The molecular weight excluding hydrogens is 260 g/mol. The van der Waals surface area contributed by atoms with E-state index in [1.54, 1.807) is 10.7 Å². The summed E-state index contributed by atoms with van der Waals surface area (Å²) in [6, 6.07) is 4.69. The summed E-state index contributed by atoms with van der Waals surface area (Å²) in [6.45, 7) is 4.14. The molecule has 20 heavy (non-hydrogen) atoms. The molecule has 0 saturated carbocycles. The van der Waals surface area contributed by atoms with Crippen molar-refractivity contribution < 1.29 is 14.7 Å². The third kappa shape index (κ3) is 3.11. The first kappa shape index (κ1) is 14.0. The minimum atomic E-state index is -1.00. The molecule has 0 aliphatic carbocycles. The molecule has 0 fully saturated rings. The Kier molecular flexibility index (Phi) is 3.97. The minimum absolute atomic E-state index is 0.0713.